The average molecular weight is 291 g/mol. The minimum atomic E-state index is -0.869. The maximum atomic E-state index is 12.1. The number of ether oxygens (including phenoxy) is 1. The topological polar surface area (TPSA) is 75.6 Å². The number of hydrogen-bond donors (Lipinski definition) is 2. The highest BCUT2D eigenvalue weighted by molar-refractivity contribution is 5.94. The van der Waals surface area contributed by atoms with Gasteiger partial charge in [0, 0.05) is 12.1 Å². The van der Waals surface area contributed by atoms with Crippen LogP contribution in [0.5, 0.6) is 0 Å². The van der Waals surface area contributed by atoms with E-state index in [0.717, 1.165) is 11.1 Å². The van der Waals surface area contributed by atoms with Crippen LogP contribution in [0.15, 0.2) is 18.2 Å². The summed E-state index contributed by atoms with van der Waals surface area (Å²) in [5.74, 6) is -1.38. The van der Waals surface area contributed by atoms with Crippen LogP contribution < -0.4 is 5.32 Å². The molecule has 5 nitrogen and oxygen atoms in total. The Bertz CT molecular complexity index is 539. The molecule has 0 bridgehead atoms. The molecule has 5 heteroatoms. The number of fused-ring (bicyclic) bond motifs is 1. The van der Waals surface area contributed by atoms with Crippen LogP contribution in [0.1, 0.15) is 41.8 Å². The Morgan fingerprint density at radius 2 is 2.00 bits per heavy atom. The van der Waals surface area contributed by atoms with Crippen LogP contribution in [0.25, 0.3) is 0 Å². The van der Waals surface area contributed by atoms with Crippen molar-refractivity contribution < 1.29 is 19.4 Å². The first kappa shape index (κ1) is 15.5. The summed E-state index contributed by atoms with van der Waals surface area (Å²) in [7, 11) is 0. The summed E-state index contributed by atoms with van der Waals surface area (Å²) < 4.78 is 5.31. The van der Waals surface area contributed by atoms with Gasteiger partial charge in [0.15, 0.2) is 0 Å². The van der Waals surface area contributed by atoms with E-state index in [9.17, 15) is 9.59 Å². The number of carboxylic acids is 1. The van der Waals surface area contributed by atoms with Gasteiger partial charge in [0.25, 0.3) is 5.91 Å². The largest absolute Gasteiger partial charge is 0.481 e. The molecule has 114 valence electrons. The number of carboxylic acid groups (broad SMARTS) is 1. The number of nitrogens with one attached hydrogen (secondary N) is 1. The van der Waals surface area contributed by atoms with Gasteiger partial charge in [-0.15, -0.1) is 0 Å². The number of carbonyl (C=O) groups is 2. The molecular formula is C16H21NO4. The second kappa shape index (κ2) is 6.72. The van der Waals surface area contributed by atoms with Gasteiger partial charge in [-0.25, -0.2) is 0 Å². The lowest BCUT2D eigenvalue weighted by Crippen LogP contribution is -2.33. The van der Waals surface area contributed by atoms with E-state index in [4.69, 9.17) is 9.84 Å². The van der Waals surface area contributed by atoms with E-state index in [1.165, 1.54) is 0 Å². The SMILES string of the molecule is CC(C)CC(CNC(=O)c1ccc2c(c1)COC2)C(=O)O. The molecule has 1 amide bonds. The lowest BCUT2D eigenvalue weighted by atomic mass is 9.97. The Hall–Kier alpha value is -1.88. The first-order valence-corrected chi connectivity index (χ1v) is 7.18. The number of carbonyl (C=O) groups excluding carboxylic acids is 1. The maximum Gasteiger partial charge on any atom is 0.308 e. The molecule has 0 radical (unpaired) electrons. The summed E-state index contributed by atoms with van der Waals surface area (Å²) in [6.45, 7) is 5.21. The van der Waals surface area contributed by atoms with E-state index in [2.05, 4.69) is 5.32 Å². The number of benzene rings is 1. The Balaban J connectivity index is 1.96. The normalized spacial score (nSPS) is 14.8. The van der Waals surface area contributed by atoms with Crippen molar-refractivity contribution in [2.45, 2.75) is 33.5 Å². The minimum absolute atomic E-state index is 0.153. The molecule has 0 fully saturated rings. The molecule has 0 aromatic heterocycles. The Labute approximate surface area is 124 Å². The van der Waals surface area contributed by atoms with Gasteiger partial charge < -0.3 is 15.2 Å². The third-order valence-electron chi connectivity index (χ3n) is 3.60. The van der Waals surface area contributed by atoms with Gasteiger partial charge in [-0.1, -0.05) is 19.9 Å². The van der Waals surface area contributed by atoms with Crippen molar-refractivity contribution in [1.82, 2.24) is 5.32 Å². The van der Waals surface area contributed by atoms with Gasteiger partial charge in [0.1, 0.15) is 0 Å². The molecule has 2 rings (SSSR count). The summed E-state index contributed by atoms with van der Waals surface area (Å²) in [6.07, 6.45) is 0.549. The highest BCUT2D eigenvalue weighted by atomic mass is 16.5. The molecular weight excluding hydrogens is 270 g/mol. The molecule has 1 atom stereocenters. The molecule has 1 aromatic carbocycles. The Morgan fingerprint density at radius 1 is 1.29 bits per heavy atom. The summed E-state index contributed by atoms with van der Waals surface area (Å²) >= 11 is 0. The van der Waals surface area contributed by atoms with Crippen molar-refractivity contribution in [3.8, 4) is 0 Å². The molecule has 21 heavy (non-hydrogen) atoms. The molecule has 1 unspecified atom stereocenters. The standard InChI is InChI=1S/C16H21NO4/c1-10(2)5-13(16(19)20)7-17-15(18)11-3-4-12-8-21-9-14(12)6-11/h3-4,6,10,13H,5,7-9H2,1-2H3,(H,17,18)(H,19,20). The number of hydrogen-bond acceptors (Lipinski definition) is 3. The predicted molar refractivity (Wildman–Crippen MR) is 77.8 cm³/mol. The van der Waals surface area contributed by atoms with Crippen LogP contribution >= 0.6 is 0 Å². The van der Waals surface area contributed by atoms with Crippen molar-refractivity contribution in [1.29, 1.82) is 0 Å². The van der Waals surface area contributed by atoms with Crippen molar-refractivity contribution in [3.63, 3.8) is 0 Å². The zero-order valence-electron chi connectivity index (χ0n) is 12.4. The molecule has 0 saturated heterocycles. The summed E-state index contributed by atoms with van der Waals surface area (Å²) in [5, 5.41) is 11.9. The zero-order valence-corrected chi connectivity index (χ0v) is 12.4. The van der Waals surface area contributed by atoms with Crippen LogP contribution in [0.3, 0.4) is 0 Å². The summed E-state index contributed by atoms with van der Waals surface area (Å²) in [6, 6.07) is 5.46. The monoisotopic (exact) mass is 291 g/mol. The fraction of sp³-hybridized carbons (Fsp3) is 0.500. The van der Waals surface area contributed by atoms with Crippen LogP contribution in [-0.4, -0.2) is 23.5 Å². The molecule has 0 saturated carbocycles. The van der Waals surface area contributed by atoms with E-state index in [-0.39, 0.29) is 18.4 Å². The van der Waals surface area contributed by atoms with Crippen LogP contribution in [0, 0.1) is 11.8 Å². The summed E-state index contributed by atoms with van der Waals surface area (Å²) in [5.41, 5.74) is 2.68. The van der Waals surface area contributed by atoms with Gasteiger partial charge >= 0.3 is 5.97 Å². The van der Waals surface area contributed by atoms with Crippen molar-refractivity contribution in [2.75, 3.05) is 6.54 Å². The Morgan fingerprint density at radius 3 is 2.67 bits per heavy atom. The Kier molecular flexibility index (Phi) is 4.96. The maximum absolute atomic E-state index is 12.1. The van der Waals surface area contributed by atoms with Crippen molar-refractivity contribution >= 4 is 11.9 Å². The molecule has 1 heterocycles. The van der Waals surface area contributed by atoms with Crippen molar-refractivity contribution in [2.24, 2.45) is 11.8 Å². The third-order valence-corrected chi connectivity index (χ3v) is 3.60. The second-order valence-electron chi connectivity index (χ2n) is 5.85. The van der Waals surface area contributed by atoms with Crippen LogP contribution in [0.4, 0.5) is 0 Å². The average Bonchev–Trinajstić information content (AvgIpc) is 2.89. The van der Waals surface area contributed by atoms with Gasteiger partial charge in [-0.3, -0.25) is 9.59 Å². The first-order valence-electron chi connectivity index (χ1n) is 7.18. The molecule has 1 aromatic rings. The van der Waals surface area contributed by atoms with E-state index >= 15 is 0 Å². The van der Waals surface area contributed by atoms with Crippen LogP contribution in [-0.2, 0) is 22.7 Å². The number of amides is 1. The second-order valence-corrected chi connectivity index (χ2v) is 5.85. The van der Waals surface area contributed by atoms with E-state index in [1.807, 2.05) is 26.0 Å². The quantitative estimate of drug-likeness (QED) is 0.842. The first-order chi connectivity index (χ1) is 9.97. The zero-order chi connectivity index (χ0) is 15.4. The van der Waals surface area contributed by atoms with Gasteiger partial charge in [-0.05, 0) is 35.6 Å². The van der Waals surface area contributed by atoms with E-state index in [0.29, 0.717) is 25.2 Å². The summed E-state index contributed by atoms with van der Waals surface area (Å²) in [4.78, 5) is 23.3. The number of rotatable bonds is 6. The smallest absolute Gasteiger partial charge is 0.308 e. The molecule has 1 aliphatic rings. The lowest BCUT2D eigenvalue weighted by molar-refractivity contribution is -0.142. The lowest BCUT2D eigenvalue weighted by Gasteiger charge is -2.15. The van der Waals surface area contributed by atoms with Crippen molar-refractivity contribution in [3.05, 3.63) is 34.9 Å². The molecule has 2 N–H and O–H groups in total. The van der Waals surface area contributed by atoms with E-state index < -0.39 is 11.9 Å². The van der Waals surface area contributed by atoms with Gasteiger partial charge in [-0.2, -0.15) is 0 Å². The van der Waals surface area contributed by atoms with Gasteiger partial charge in [0.05, 0.1) is 19.1 Å². The van der Waals surface area contributed by atoms with E-state index in [1.54, 1.807) is 6.07 Å². The fourth-order valence-electron chi connectivity index (χ4n) is 2.47. The highest BCUT2D eigenvalue weighted by Gasteiger charge is 2.20. The molecule has 0 aliphatic carbocycles. The molecule has 1 aliphatic heterocycles. The predicted octanol–water partition coefficient (Wildman–Crippen LogP) is 2.19. The minimum Gasteiger partial charge on any atom is -0.481 e. The molecule has 0 spiro atoms. The van der Waals surface area contributed by atoms with Crippen LogP contribution in [0.2, 0.25) is 0 Å². The number of aliphatic carboxylic acids is 1. The third kappa shape index (κ3) is 4.04. The highest BCUT2D eigenvalue weighted by Crippen LogP contribution is 2.21. The fourth-order valence-corrected chi connectivity index (χ4v) is 2.47. The van der Waals surface area contributed by atoms with Gasteiger partial charge in [0.2, 0.25) is 0 Å².